The zero-order valence-electron chi connectivity index (χ0n) is 14.1. The van der Waals surface area contributed by atoms with Crippen molar-refractivity contribution in [1.82, 2.24) is 15.8 Å². The van der Waals surface area contributed by atoms with Crippen molar-refractivity contribution >= 4 is 34.8 Å². The minimum atomic E-state index is -0.471. The molecule has 0 unspecified atom stereocenters. The first-order chi connectivity index (χ1) is 13.1. The van der Waals surface area contributed by atoms with Crippen molar-refractivity contribution in [3.05, 3.63) is 70.7 Å². The maximum atomic E-state index is 12.0. The summed E-state index contributed by atoms with van der Waals surface area (Å²) in [5.74, 6) is -0.321. The van der Waals surface area contributed by atoms with Crippen molar-refractivity contribution in [3.63, 3.8) is 0 Å². The van der Waals surface area contributed by atoms with Crippen LogP contribution in [0.25, 0.3) is 10.6 Å². The molecule has 6 nitrogen and oxygen atoms in total. The normalized spacial score (nSPS) is 10.3. The first-order valence-electron chi connectivity index (χ1n) is 8.06. The molecule has 0 atom stereocenters. The van der Waals surface area contributed by atoms with Crippen LogP contribution >= 0.6 is 22.9 Å². The van der Waals surface area contributed by atoms with Gasteiger partial charge in [0.05, 0.1) is 12.1 Å². The number of nitrogens with zero attached hydrogens (tertiary/aromatic N) is 1. The van der Waals surface area contributed by atoms with Crippen molar-refractivity contribution in [2.45, 2.75) is 6.42 Å². The van der Waals surface area contributed by atoms with Crippen LogP contribution in [0.5, 0.6) is 5.75 Å². The number of aromatic nitrogens is 1. The van der Waals surface area contributed by atoms with Crippen molar-refractivity contribution < 1.29 is 14.3 Å². The van der Waals surface area contributed by atoms with Gasteiger partial charge >= 0.3 is 0 Å². The first-order valence-corrected chi connectivity index (χ1v) is 9.32. The second-order valence-corrected chi connectivity index (χ2v) is 6.82. The van der Waals surface area contributed by atoms with Gasteiger partial charge in [-0.3, -0.25) is 20.4 Å². The number of hydrogen-bond donors (Lipinski definition) is 2. The summed E-state index contributed by atoms with van der Waals surface area (Å²) in [4.78, 5) is 28.1. The van der Waals surface area contributed by atoms with E-state index in [9.17, 15) is 9.59 Å². The maximum absolute atomic E-state index is 12.0. The number of carbonyl (C=O) groups excluding carboxylic acids is 2. The molecule has 0 aliphatic heterocycles. The molecule has 27 heavy (non-hydrogen) atoms. The van der Waals surface area contributed by atoms with Crippen LogP contribution in [-0.2, 0) is 16.0 Å². The molecule has 0 bridgehead atoms. The van der Waals surface area contributed by atoms with Gasteiger partial charge in [-0.1, -0.05) is 41.9 Å². The lowest BCUT2D eigenvalue weighted by Crippen LogP contribution is -2.44. The highest BCUT2D eigenvalue weighted by Gasteiger charge is 2.10. The van der Waals surface area contributed by atoms with Gasteiger partial charge in [-0.05, 0) is 24.3 Å². The Balaban J connectivity index is 1.42. The molecule has 8 heteroatoms. The largest absolute Gasteiger partial charge is 0.484 e. The number of amides is 2. The number of halogens is 1. The number of benzene rings is 2. The number of thiazole rings is 1. The quantitative estimate of drug-likeness (QED) is 0.621. The maximum Gasteiger partial charge on any atom is 0.276 e. The van der Waals surface area contributed by atoms with E-state index in [1.807, 2.05) is 35.7 Å². The van der Waals surface area contributed by atoms with Crippen LogP contribution in [0.4, 0.5) is 0 Å². The van der Waals surface area contributed by atoms with Gasteiger partial charge in [0.25, 0.3) is 5.91 Å². The van der Waals surface area contributed by atoms with E-state index in [1.54, 1.807) is 24.3 Å². The fraction of sp³-hybridized carbons (Fsp3) is 0.105. The zero-order chi connectivity index (χ0) is 19.1. The summed E-state index contributed by atoms with van der Waals surface area (Å²) >= 11 is 7.24. The van der Waals surface area contributed by atoms with Gasteiger partial charge in [-0.15, -0.1) is 11.3 Å². The number of hydrazine groups is 1. The molecule has 1 heterocycles. The first kappa shape index (κ1) is 18.9. The molecule has 0 spiro atoms. The average Bonchev–Trinajstić information content (AvgIpc) is 3.15. The van der Waals surface area contributed by atoms with Crippen LogP contribution in [0.3, 0.4) is 0 Å². The third-order valence-corrected chi connectivity index (χ3v) is 4.63. The lowest BCUT2D eigenvalue weighted by atomic mass is 10.2. The predicted octanol–water partition coefficient (Wildman–Crippen LogP) is 3.23. The summed E-state index contributed by atoms with van der Waals surface area (Å²) in [6.45, 7) is -0.225. The highest BCUT2D eigenvalue weighted by Crippen LogP contribution is 2.23. The van der Waals surface area contributed by atoms with E-state index in [0.717, 1.165) is 10.6 Å². The predicted molar refractivity (Wildman–Crippen MR) is 104 cm³/mol. The smallest absolute Gasteiger partial charge is 0.276 e. The summed E-state index contributed by atoms with van der Waals surface area (Å²) in [5.41, 5.74) is 6.30. The second-order valence-electron chi connectivity index (χ2n) is 5.53. The van der Waals surface area contributed by atoms with Crippen molar-refractivity contribution in [2.75, 3.05) is 6.61 Å². The van der Waals surface area contributed by atoms with Gasteiger partial charge in [0.1, 0.15) is 10.8 Å². The topological polar surface area (TPSA) is 80.3 Å². The SMILES string of the molecule is O=C(COc1ccc(Cl)cc1)NNC(=O)Cc1csc(-c2ccccc2)n1. The summed E-state index contributed by atoms with van der Waals surface area (Å²) in [7, 11) is 0. The monoisotopic (exact) mass is 401 g/mol. The van der Waals surface area contributed by atoms with Gasteiger partial charge in [0.15, 0.2) is 6.61 Å². The average molecular weight is 402 g/mol. The second kappa shape index (κ2) is 9.16. The summed E-state index contributed by atoms with van der Waals surface area (Å²) in [5, 5.41) is 3.25. The Morgan fingerprint density at radius 1 is 1.00 bits per heavy atom. The number of ether oxygens (including phenoxy) is 1. The Bertz CT molecular complexity index is 913. The van der Waals surface area contributed by atoms with Crippen LogP contribution in [-0.4, -0.2) is 23.4 Å². The molecule has 0 saturated heterocycles. The van der Waals surface area contributed by atoms with Crippen molar-refractivity contribution in [3.8, 4) is 16.3 Å². The molecule has 2 aromatic carbocycles. The van der Waals surface area contributed by atoms with Crippen LogP contribution in [0.15, 0.2) is 60.0 Å². The Hall–Kier alpha value is -2.90. The van der Waals surface area contributed by atoms with Gasteiger partial charge in [0.2, 0.25) is 5.91 Å². The van der Waals surface area contributed by atoms with Crippen molar-refractivity contribution in [1.29, 1.82) is 0 Å². The molecule has 0 fully saturated rings. The third kappa shape index (κ3) is 5.80. The van der Waals surface area contributed by atoms with Gasteiger partial charge < -0.3 is 4.74 Å². The number of carbonyl (C=O) groups is 2. The van der Waals surface area contributed by atoms with E-state index in [1.165, 1.54) is 11.3 Å². The lowest BCUT2D eigenvalue weighted by Gasteiger charge is -2.08. The summed E-state index contributed by atoms with van der Waals surface area (Å²) < 4.78 is 5.29. The zero-order valence-corrected chi connectivity index (χ0v) is 15.7. The molecule has 138 valence electrons. The molecule has 2 amide bonds. The van der Waals surface area contributed by atoms with Gasteiger partial charge in [0, 0.05) is 16.0 Å². The molecule has 0 radical (unpaired) electrons. The molecule has 3 aromatic rings. The molecule has 0 aliphatic rings. The highest BCUT2D eigenvalue weighted by atomic mass is 35.5. The van der Waals surface area contributed by atoms with E-state index >= 15 is 0 Å². The lowest BCUT2D eigenvalue weighted by molar-refractivity contribution is -0.129. The van der Waals surface area contributed by atoms with E-state index in [-0.39, 0.29) is 18.9 Å². The minimum absolute atomic E-state index is 0.0711. The Morgan fingerprint density at radius 2 is 1.70 bits per heavy atom. The molecule has 0 saturated carbocycles. The van der Waals surface area contributed by atoms with Crippen molar-refractivity contribution in [2.24, 2.45) is 0 Å². The van der Waals surface area contributed by atoms with Crippen LogP contribution in [0, 0.1) is 0 Å². The van der Waals surface area contributed by atoms with E-state index in [2.05, 4.69) is 15.8 Å². The molecule has 3 rings (SSSR count). The van der Waals surface area contributed by atoms with Gasteiger partial charge in [-0.2, -0.15) is 0 Å². The summed E-state index contributed by atoms with van der Waals surface area (Å²) in [6, 6.07) is 16.4. The van der Waals surface area contributed by atoms with E-state index < -0.39 is 5.91 Å². The molecular formula is C19H16ClN3O3S. The molecule has 1 aromatic heterocycles. The number of nitrogens with one attached hydrogen (secondary N) is 2. The highest BCUT2D eigenvalue weighted by molar-refractivity contribution is 7.13. The fourth-order valence-corrected chi connectivity index (χ4v) is 3.12. The Kier molecular flexibility index (Phi) is 6.40. The Labute approximate surface area is 165 Å². The van der Waals surface area contributed by atoms with Crippen LogP contribution < -0.4 is 15.6 Å². The Morgan fingerprint density at radius 3 is 2.44 bits per heavy atom. The minimum Gasteiger partial charge on any atom is -0.484 e. The number of hydrogen-bond acceptors (Lipinski definition) is 5. The van der Waals surface area contributed by atoms with Crippen LogP contribution in [0.1, 0.15) is 5.69 Å². The van der Waals surface area contributed by atoms with E-state index in [4.69, 9.17) is 16.3 Å². The fourth-order valence-electron chi connectivity index (χ4n) is 2.17. The molecule has 0 aliphatic carbocycles. The third-order valence-electron chi connectivity index (χ3n) is 3.44. The standard InChI is InChI=1S/C19H16ClN3O3S/c20-14-6-8-16(9-7-14)26-11-18(25)23-22-17(24)10-15-12-27-19(21-15)13-4-2-1-3-5-13/h1-9,12H,10-11H2,(H,22,24)(H,23,25). The van der Waals surface area contributed by atoms with E-state index in [0.29, 0.717) is 16.5 Å². The molecule has 2 N–H and O–H groups in total. The van der Waals surface area contributed by atoms with Gasteiger partial charge in [-0.25, -0.2) is 4.98 Å². The van der Waals surface area contributed by atoms with Crippen LogP contribution in [0.2, 0.25) is 5.02 Å². The summed E-state index contributed by atoms with van der Waals surface area (Å²) in [6.07, 6.45) is 0.0711. The number of rotatable bonds is 6. The molecular weight excluding hydrogens is 386 g/mol.